The summed E-state index contributed by atoms with van der Waals surface area (Å²) in [6.07, 6.45) is 0. The quantitative estimate of drug-likeness (QED) is 0.545. The number of amides is 2. The van der Waals surface area contributed by atoms with Crippen molar-refractivity contribution in [1.82, 2.24) is 10.2 Å². The molecule has 0 bridgehead atoms. The Hall–Kier alpha value is -3.54. The number of hydrogen-bond acceptors (Lipinski definition) is 3. The summed E-state index contributed by atoms with van der Waals surface area (Å²) in [7, 11) is 3.16. The Morgan fingerprint density at radius 3 is 2.19 bits per heavy atom. The van der Waals surface area contributed by atoms with Crippen molar-refractivity contribution in [2.45, 2.75) is 19.5 Å². The number of ether oxygens (including phenoxy) is 2. The molecule has 3 rings (SSSR count). The Bertz CT molecular complexity index is 993. The predicted octanol–water partition coefficient (Wildman–Crippen LogP) is 5.16. The van der Waals surface area contributed by atoms with Crippen LogP contribution < -0.4 is 14.8 Å². The molecule has 3 aromatic carbocycles. The zero-order valence-electron chi connectivity index (χ0n) is 18.0. The molecule has 0 radical (unpaired) electrons. The van der Waals surface area contributed by atoms with Gasteiger partial charge in [-0.1, -0.05) is 48.5 Å². The van der Waals surface area contributed by atoms with Crippen LogP contribution in [0.4, 0.5) is 9.18 Å². The second kappa shape index (κ2) is 10.5. The molecule has 0 aliphatic carbocycles. The lowest BCUT2D eigenvalue weighted by atomic mass is 9.97. The fraction of sp³-hybridized carbons (Fsp3) is 0.240. The van der Waals surface area contributed by atoms with E-state index in [-0.39, 0.29) is 17.9 Å². The van der Waals surface area contributed by atoms with Gasteiger partial charge in [-0.25, -0.2) is 9.18 Å². The first-order valence-corrected chi connectivity index (χ1v) is 10.1. The van der Waals surface area contributed by atoms with Crippen LogP contribution in [-0.4, -0.2) is 31.7 Å². The van der Waals surface area contributed by atoms with Gasteiger partial charge >= 0.3 is 6.03 Å². The Morgan fingerprint density at radius 1 is 0.935 bits per heavy atom. The maximum atomic E-state index is 13.5. The van der Waals surface area contributed by atoms with E-state index >= 15 is 0 Å². The summed E-state index contributed by atoms with van der Waals surface area (Å²) in [5.41, 5.74) is 2.69. The maximum Gasteiger partial charge on any atom is 0.318 e. The van der Waals surface area contributed by atoms with Crippen LogP contribution in [0.5, 0.6) is 11.5 Å². The molecule has 0 saturated heterocycles. The number of carbonyl (C=O) groups excluding carboxylic acids is 1. The minimum atomic E-state index is -0.336. The minimum Gasteiger partial charge on any atom is -0.493 e. The summed E-state index contributed by atoms with van der Waals surface area (Å²) in [5, 5.41) is 2.99. The van der Waals surface area contributed by atoms with Crippen molar-refractivity contribution in [3.63, 3.8) is 0 Å². The fourth-order valence-electron chi connectivity index (χ4n) is 3.55. The molecular weight excluding hydrogens is 395 g/mol. The number of benzene rings is 3. The van der Waals surface area contributed by atoms with E-state index in [4.69, 9.17) is 9.47 Å². The molecule has 0 spiro atoms. The summed E-state index contributed by atoms with van der Waals surface area (Å²) in [6, 6.07) is 21.0. The number of nitrogens with one attached hydrogen (secondary N) is 1. The third kappa shape index (κ3) is 5.34. The van der Waals surface area contributed by atoms with Crippen molar-refractivity contribution in [3.05, 3.63) is 95.3 Å². The molecule has 0 saturated carbocycles. The number of methoxy groups -OCH3 is 2. The van der Waals surface area contributed by atoms with Crippen molar-refractivity contribution in [2.75, 3.05) is 20.8 Å². The van der Waals surface area contributed by atoms with Crippen LogP contribution >= 0.6 is 0 Å². The van der Waals surface area contributed by atoms with Gasteiger partial charge in [0.1, 0.15) is 5.82 Å². The fourth-order valence-corrected chi connectivity index (χ4v) is 3.55. The second-order valence-electron chi connectivity index (χ2n) is 7.00. The van der Waals surface area contributed by atoms with Crippen LogP contribution in [0.15, 0.2) is 72.8 Å². The van der Waals surface area contributed by atoms with Crippen LogP contribution in [0.1, 0.15) is 29.7 Å². The lowest BCUT2D eigenvalue weighted by Gasteiger charge is -2.32. The summed E-state index contributed by atoms with van der Waals surface area (Å²) < 4.78 is 24.1. The van der Waals surface area contributed by atoms with E-state index in [9.17, 15) is 9.18 Å². The number of hydrogen-bond donors (Lipinski definition) is 1. The van der Waals surface area contributed by atoms with E-state index in [1.54, 1.807) is 31.3 Å². The molecule has 1 N–H and O–H groups in total. The zero-order valence-corrected chi connectivity index (χ0v) is 18.0. The number of nitrogens with zero attached hydrogens (tertiary/aromatic N) is 1. The highest BCUT2D eigenvalue weighted by Gasteiger charge is 2.25. The maximum absolute atomic E-state index is 13.5. The standard InChI is InChI=1S/C25H27FN2O3/c1-4-28(25(29)27-17-18-10-15-22(30-2)23(16-18)31-3)24(19-8-6-5-7-9-19)20-11-13-21(26)14-12-20/h5-16,24H,4,17H2,1-3H3,(H,27,29). The Labute approximate surface area is 182 Å². The van der Waals surface area contributed by atoms with Gasteiger partial charge in [-0.15, -0.1) is 0 Å². The van der Waals surface area contributed by atoms with Crippen molar-refractivity contribution >= 4 is 6.03 Å². The Balaban J connectivity index is 1.83. The van der Waals surface area contributed by atoms with E-state index in [0.717, 1.165) is 16.7 Å². The largest absolute Gasteiger partial charge is 0.493 e. The van der Waals surface area contributed by atoms with Gasteiger partial charge in [0.05, 0.1) is 20.3 Å². The van der Waals surface area contributed by atoms with Gasteiger partial charge in [0.25, 0.3) is 0 Å². The Morgan fingerprint density at radius 2 is 1.58 bits per heavy atom. The van der Waals surface area contributed by atoms with Crippen molar-refractivity contribution in [2.24, 2.45) is 0 Å². The van der Waals surface area contributed by atoms with E-state index < -0.39 is 0 Å². The van der Waals surface area contributed by atoms with Gasteiger partial charge in [-0.05, 0) is 47.9 Å². The molecule has 0 heterocycles. The number of rotatable bonds is 8. The van der Waals surface area contributed by atoms with Crippen LogP contribution in [0.3, 0.4) is 0 Å². The molecule has 3 aromatic rings. The van der Waals surface area contributed by atoms with Gasteiger partial charge in [0, 0.05) is 13.1 Å². The van der Waals surface area contributed by atoms with Gasteiger partial charge in [0.2, 0.25) is 0 Å². The normalized spacial score (nSPS) is 11.5. The average Bonchev–Trinajstić information content (AvgIpc) is 2.82. The Kier molecular flexibility index (Phi) is 7.49. The van der Waals surface area contributed by atoms with Crippen LogP contribution in [-0.2, 0) is 6.54 Å². The summed E-state index contributed by atoms with van der Waals surface area (Å²) in [6.45, 7) is 2.74. The molecule has 2 amide bonds. The lowest BCUT2D eigenvalue weighted by Crippen LogP contribution is -2.42. The van der Waals surface area contributed by atoms with E-state index in [0.29, 0.717) is 24.6 Å². The molecular formula is C25H27FN2O3. The molecule has 0 aromatic heterocycles. The summed E-state index contributed by atoms with van der Waals surface area (Å²) >= 11 is 0. The number of carbonyl (C=O) groups is 1. The summed E-state index contributed by atoms with van der Waals surface area (Å²) in [5.74, 6) is 0.930. The lowest BCUT2D eigenvalue weighted by molar-refractivity contribution is 0.187. The third-order valence-corrected chi connectivity index (χ3v) is 5.11. The number of halogens is 1. The van der Waals surface area contributed by atoms with Gasteiger partial charge in [-0.2, -0.15) is 0 Å². The van der Waals surface area contributed by atoms with E-state index in [1.165, 1.54) is 12.1 Å². The highest BCUT2D eigenvalue weighted by Crippen LogP contribution is 2.30. The van der Waals surface area contributed by atoms with Crippen molar-refractivity contribution in [3.8, 4) is 11.5 Å². The third-order valence-electron chi connectivity index (χ3n) is 5.11. The topological polar surface area (TPSA) is 50.8 Å². The van der Waals surface area contributed by atoms with Crippen LogP contribution in [0, 0.1) is 5.82 Å². The SMILES string of the molecule is CCN(C(=O)NCc1ccc(OC)c(OC)c1)C(c1ccccc1)c1ccc(F)cc1. The van der Waals surface area contributed by atoms with Gasteiger partial charge < -0.3 is 19.7 Å². The zero-order chi connectivity index (χ0) is 22.2. The molecule has 1 unspecified atom stereocenters. The molecule has 0 aliphatic rings. The first kappa shape index (κ1) is 22.2. The molecule has 162 valence electrons. The van der Waals surface area contributed by atoms with E-state index in [1.807, 2.05) is 55.5 Å². The van der Waals surface area contributed by atoms with Gasteiger partial charge in [0.15, 0.2) is 11.5 Å². The van der Waals surface area contributed by atoms with Gasteiger partial charge in [-0.3, -0.25) is 0 Å². The first-order chi connectivity index (χ1) is 15.1. The van der Waals surface area contributed by atoms with Crippen LogP contribution in [0.25, 0.3) is 0 Å². The molecule has 6 heteroatoms. The molecule has 5 nitrogen and oxygen atoms in total. The highest BCUT2D eigenvalue weighted by molar-refractivity contribution is 5.75. The monoisotopic (exact) mass is 422 g/mol. The smallest absolute Gasteiger partial charge is 0.318 e. The summed E-state index contributed by atoms with van der Waals surface area (Å²) in [4.78, 5) is 14.9. The first-order valence-electron chi connectivity index (χ1n) is 10.1. The number of urea groups is 1. The van der Waals surface area contributed by atoms with E-state index in [2.05, 4.69) is 5.32 Å². The minimum absolute atomic E-state index is 0.213. The highest BCUT2D eigenvalue weighted by atomic mass is 19.1. The molecule has 1 atom stereocenters. The predicted molar refractivity (Wildman–Crippen MR) is 119 cm³/mol. The molecule has 31 heavy (non-hydrogen) atoms. The average molecular weight is 423 g/mol. The molecule has 0 fully saturated rings. The van der Waals surface area contributed by atoms with Crippen LogP contribution in [0.2, 0.25) is 0 Å². The van der Waals surface area contributed by atoms with Crippen molar-refractivity contribution < 1.29 is 18.7 Å². The van der Waals surface area contributed by atoms with Crippen molar-refractivity contribution in [1.29, 1.82) is 0 Å². The molecule has 0 aliphatic heterocycles. The second-order valence-corrected chi connectivity index (χ2v) is 7.00.